The maximum absolute atomic E-state index is 13.7. The van der Waals surface area contributed by atoms with Crippen LogP contribution in [0.3, 0.4) is 0 Å². The molecule has 2 aromatic rings. The molecule has 2 aliphatic heterocycles. The van der Waals surface area contributed by atoms with Gasteiger partial charge in [0.2, 0.25) is 5.91 Å². The molecule has 1 aromatic carbocycles. The first-order valence-electron chi connectivity index (χ1n) is 9.92. The molecule has 8 heteroatoms. The van der Waals surface area contributed by atoms with Gasteiger partial charge in [0.1, 0.15) is 11.9 Å². The third kappa shape index (κ3) is 2.94. The number of esters is 1. The molecule has 1 fully saturated rings. The van der Waals surface area contributed by atoms with Gasteiger partial charge in [0.25, 0.3) is 5.56 Å². The molecule has 3 heterocycles. The van der Waals surface area contributed by atoms with Gasteiger partial charge in [-0.05, 0) is 29.8 Å². The first-order chi connectivity index (χ1) is 14.4. The zero-order chi connectivity index (χ0) is 21.6. The van der Waals surface area contributed by atoms with Crippen molar-refractivity contribution in [3.8, 4) is 11.1 Å². The summed E-state index contributed by atoms with van der Waals surface area (Å²) in [5.74, 6) is -2.10. The lowest BCUT2D eigenvalue weighted by Crippen LogP contribution is -2.46. The van der Waals surface area contributed by atoms with Gasteiger partial charge in [-0.2, -0.15) is 0 Å². The van der Waals surface area contributed by atoms with Gasteiger partial charge in [0.15, 0.2) is 0 Å². The molecule has 1 aromatic heterocycles. The molecule has 0 radical (unpaired) electrons. The fraction of sp³-hybridized carbons (Fsp3) is 0.409. The predicted octanol–water partition coefficient (Wildman–Crippen LogP) is 1.73. The Morgan fingerprint density at radius 3 is 2.67 bits per heavy atom. The second-order valence-corrected chi connectivity index (χ2v) is 7.68. The number of amides is 1. The Balaban J connectivity index is 1.83. The number of carbonyl (C=O) groups is 2. The van der Waals surface area contributed by atoms with Crippen molar-refractivity contribution in [2.45, 2.75) is 32.0 Å². The number of hydrogen-bond acceptors (Lipinski definition) is 5. The minimum absolute atomic E-state index is 0.181. The smallest absolute Gasteiger partial charge is 0.328 e. The molecule has 4 atom stereocenters. The average Bonchev–Trinajstić information content (AvgIpc) is 3.27. The predicted molar refractivity (Wildman–Crippen MR) is 106 cm³/mol. The number of hydrogen-bond donors (Lipinski definition) is 1. The van der Waals surface area contributed by atoms with Crippen LogP contribution in [0.25, 0.3) is 11.1 Å². The fourth-order valence-corrected chi connectivity index (χ4v) is 4.91. The number of nitrogens with zero attached hydrogens (tertiary/aromatic N) is 2. The highest BCUT2D eigenvalue weighted by Gasteiger charge is 2.57. The minimum Gasteiger partial charge on any atom is -0.467 e. The Kier molecular flexibility index (Phi) is 5.19. The van der Waals surface area contributed by atoms with Crippen molar-refractivity contribution in [1.29, 1.82) is 0 Å². The monoisotopic (exact) mass is 414 g/mol. The van der Waals surface area contributed by atoms with E-state index in [1.165, 1.54) is 24.1 Å². The van der Waals surface area contributed by atoms with Crippen molar-refractivity contribution >= 4 is 11.9 Å². The summed E-state index contributed by atoms with van der Waals surface area (Å²) in [5, 5.41) is 10.0. The van der Waals surface area contributed by atoms with Gasteiger partial charge in [-0.3, -0.25) is 9.59 Å². The van der Waals surface area contributed by atoms with E-state index in [1.807, 2.05) is 0 Å². The molecule has 1 amide bonds. The number of aliphatic hydroxyl groups is 1. The van der Waals surface area contributed by atoms with Crippen LogP contribution < -0.4 is 5.56 Å². The van der Waals surface area contributed by atoms with Gasteiger partial charge in [-0.15, -0.1) is 0 Å². The number of pyridine rings is 1. The molecule has 0 bridgehead atoms. The van der Waals surface area contributed by atoms with Crippen LogP contribution in [0.5, 0.6) is 0 Å². The lowest BCUT2D eigenvalue weighted by atomic mass is 9.88. The van der Waals surface area contributed by atoms with Crippen LogP contribution in [0.2, 0.25) is 0 Å². The maximum atomic E-state index is 13.7. The Morgan fingerprint density at radius 1 is 1.27 bits per heavy atom. The maximum Gasteiger partial charge on any atom is 0.328 e. The van der Waals surface area contributed by atoms with E-state index in [1.54, 1.807) is 35.8 Å². The van der Waals surface area contributed by atoms with E-state index in [-0.39, 0.29) is 37.0 Å². The van der Waals surface area contributed by atoms with Crippen molar-refractivity contribution in [3.63, 3.8) is 0 Å². The molecule has 158 valence electrons. The van der Waals surface area contributed by atoms with Crippen LogP contribution in [-0.2, 0) is 20.9 Å². The van der Waals surface area contributed by atoms with E-state index in [9.17, 15) is 23.9 Å². The fourth-order valence-electron chi connectivity index (χ4n) is 4.91. The first kappa shape index (κ1) is 20.3. The summed E-state index contributed by atoms with van der Waals surface area (Å²) in [6.07, 6.45) is 0.181. The lowest BCUT2D eigenvalue weighted by molar-refractivity contribution is -0.154. The summed E-state index contributed by atoms with van der Waals surface area (Å²) >= 11 is 0. The highest BCUT2D eigenvalue weighted by molar-refractivity contribution is 5.86. The van der Waals surface area contributed by atoms with Crippen molar-refractivity contribution in [3.05, 3.63) is 58.3 Å². The average molecular weight is 414 g/mol. The van der Waals surface area contributed by atoms with Crippen molar-refractivity contribution in [1.82, 2.24) is 9.47 Å². The standard InChI is InChI=1S/C22H23FN2O5/c1-3-18(27)25-19-15(16(11-26)20(25)22(29)30-2)10-24-17(19)8-7-14(21(24)28)12-5-4-6-13(23)9-12/h4-9,15-16,19-20,26H,3,10-11H2,1-2H3/t15-,16-,19+,20-/m0/s1. The van der Waals surface area contributed by atoms with Crippen LogP contribution in [0, 0.1) is 17.7 Å². The second-order valence-electron chi connectivity index (χ2n) is 7.68. The van der Waals surface area contributed by atoms with Crippen LogP contribution >= 0.6 is 0 Å². The van der Waals surface area contributed by atoms with Crippen LogP contribution in [0.4, 0.5) is 4.39 Å². The molecule has 0 spiro atoms. The molecule has 4 rings (SSSR count). The Bertz CT molecular complexity index is 1070. The Morgan fingerprint density at radius 2 is 2.03 bits per heavy atom. The Labute approximate surface area is 172 Å². The summed E-state index contributed by atoms with van der Waals surface area (Å²) in [5.41, 5.74) is 1.15. The first-order valence-corrected chi connectivity index (χ1v) is 9.92. The van der Waals surface area contributed by atoms with E-state index < -0.39 is 29.8 Å². The van der Waals surface area contributed by atoms with Crippen LogP contribution in [-0.4, -0.2) is 46.2 Å². The number of likely N-dealkylation sites (tertiary alicyclic amines) is 1. The molecule has 30 heavy (non-hydrogen) atoms. The van der Waals surface area contributed by atoms with Gasteiger partial charge >= 0.3 is 5.97 Å². The summed E-state index contributed by atoms with van der Waals surface area (Å²) in [6, 6.07) is 7.79. The normalized spacial score (nSPS) is 24.5. The molecular weight excluding hydrogens is 391 g/mol. The quantitative estimate of drug-likeness (QED) is 0.770. The third-order valence-corrected chi connectivity index (χ3v) is 6.24. The third-order valence-electron chi connectivity index (χ3n) is 6.24. The molecule has 7 nitrogen and oxygen atoms in total. The van der Waals surface area contributed by atoms with Gasteiger partial charge in [-0.25, -0.2) is 9.18 Å². The number of aliphatic hydroxyl groups excluding tert-OH is 1. The number of halogens is 1. The zero-order valence-electron chi connectivity index (χ0n) is 16.7. The van der Waals surface area contributed by atoms with Gasteiger partial charge in [0.05, 0.1) is 13.2 Å². The number of carbonyl (C=O) groups excluding carboxylic acids is 2. The van der Waals surface area contributed by atoms with E-state index in [4.69, 9.17) is 4.74 Å². The highest BCUT2D eigenvalue weighted by Crippen LogP contribution is 2.49. The van der Waals surface area contributed by atoms with Gasteiger partial charge < -0.3 is 19.3 Å². The van der Waals surface area contributed by atoms with Crippen molar-refractivity contribution < 1.29 is 23.8 Å². The summed E-state index contributed by atoms with van der Waals surface area (Å²) < 4.78 is 20.1. The number of aromatic nitrogens is 1. The van der Waals surface area contributed by atoms with Crippen molar-refractivity contribution in [2.24, 2.45) is 11.8 Å². The van der Waals surface area contributed by atoms with E-state index in [2.05, 4.69) is 0 Å². The topological polar surface area (TPSA) is 88.8 Å². The molecule has 0 unspecified atom stereocenters. The van der Waals surface area contributed by atoms with E-state index in [0.717, 1.165) is 0 Å². The number of benzene rings is 1. The minimum atomic E-state index is -0.894. The van der Waals surface area contributed by atoms with Crippen molar-refractivity contribution in [2.75, 3.05) is 13.7 Å². The molecule has 1 N–H and O–H groups in total. The molecule has 1 saturated heterocycles. The molecule has 2 aliphatic rings. The molecule has 0 aliphatic carbocycles. The number of ether oxygens (including phenoxy) is 1. The molecular formula is C22H23FN2O5. The van der Waals surface area contributed by atoms with Gasteiger partial charge in [0, 0.05) is 42.7 Å². The lowest BCUT2D eigenvalue weighted by Gasteiger charge is -2.29. The molecule has 0 saturated carbocycles. The van der Waals surface area contributed by atoms with Crippen LogP contribution in [0.15, 0.2) is 41.2 Å². The second kappa shape index (κ2) is 7.68. The highest BCUT2D eigenvalue weighted by atomic mass is 19.1. The van der Waals surface area contributed by atoms with E-state index >= 15 is 0 Å². The number of fused-ring (bicyclic) bond motifs is 3. The Hall–Kier alpha value is -3.00. The number of methoxy groups -OCH3 is 1. The summed E-state index contributed by atoms with van der Waals surface area (Å²) in [6.45, 7) is 1.65. The number of rotatable bonds is 4. The van der Waals surface area contributed by atoms with E-state index in [0.29, 0.717) is 16.8 Å². The zero-order valence-corrected chi connectivity index (χ0v) is 16.7. The summed E-state index contributed by atoms with van der Waals surface area (Å²) in [4.78, 5) is 39.9. The largest absolute Gasteiger partial charge is 0.467 e. The van der Waals surface area contributed by atoms with Crippen LogP contribution in [0.1, 0.15) is 25.1 Å². The van der Waals surface area contributed by atoms with Gasteiger partial charge in [-0.1, -0.05) is 19.1 Å². The SMILES string of the molecule is CCC(=O)N1[C@H](C(=O)OC)[C@@H](CO)[C@@H]2Cn3c(ccc(-c4cccc(F)c4)c3=O)[C@@H]21. The summed E-state index contributed by atoms with van der Waals surface area (Å²) in [7, 11) is 1.25.